The molecule has 29 heavy (non-hydrogen) atoms. The van der Waals surface area contributed by atoms with Crippen molar-refractivity contribution in [2.24, 2.45) is 0 Å². The van der Waals surface area contributed by atoms with Crippen molar-refractivity contribution in [2.75, 3.05) is 32.8 Å². The lowest BCUT2D eigenvalue weighted by Gasteiger charge is -2.33. The monoisotopic (exact) mass is 418 g/mol. The van der Waals surface area contributed by atoms with Crippen molar-refractivity contribution in [2.45, 2.75) is 24.8 Å². The summed E-state index contributed by atoms with van der Waals surface area (Å²) in [6.07, 6.45) is -0.209. The summed E-state index contributed by atoms with van der Waals surface area (Å²) < 4.78 is 38.8. The molecule has 1 N–H and O–H groups in total. The molecule has 2 aromatic carbocycles. The Bertz CT molecular complexity index is 947. The van der Waals surface area contributed by atoms with Crippen LogP contribution in [0.2, 0.25) is 0 Å². The molecule has 0 radical (unpaired) electrons. The molecule has 8 heteroatoms. The van der Waals surface area contributed by atoms with Gasteiger partial charge in [0, 0.05) is 6.54 Å². The van der Waals surface area contributed by atoms with E-state index in [0.29, 0.717) is 32.1 Å². The van der Waals surface area contributed by atoms with Gasteiger partial charge in [-0.2, -0.15) is 0 Å². The molecular weight excluding hydrogens is 392 g/mol. The van der Waals surface area contributed by atoms with Crippen molar-refractivity contribution in [3.05, 3.63) is 59.7 Å². The zero-order valence-electron chi connectivity index (χ0n) is 16.6. The fourth-order valence-electron chi connectivity index (χ4n) is 3.20. The maximum absolute atomic E-state index is 12.6. The third kappa shape index (κ3) is 5.35. The van der Waals surface area contributed by atoms with E-state index < -0.39 is 10.0 Å². The van der Waals surface area contributed by atoms with Gasteiger partial charge in [0.25, 0.3) is 0 Å². The summed E-state index contributed by atoms with van der Waals surface area (Å²) in [6, 6.07) is 14.3. The van der Waals surface area contributed by atoms with E-state index in [1.54, 1.807) is 17.9 Å². The number of nitrogens with zero attached hydrogens (tertiary/aromatic N) is 1. The Kier molecular flexibility index (Phi) is 6.89. The molecular formula is C21H26N2O5S. The van der Waals surface area contributed by atoms with E-state index in [0.717, 1.165) is 11.1 Å². The minimum Gasteiger partial charge on any atom is -0.494 e. The molecule has 1 amide bonds. The van der Waals surface area contributed by atoms with Gasteiger partial charge in [-0.05, 0) is 43.2 Å². The zero-order valence-corrected chi connectivity index (χ0v) is 17.4. The van der Waals surface area contributed by atoms with Crippen LogP contribution in [0.15, 0.2) is 53.4 Å². The molecule has 2 aromatic rings. The van der Waals surface area contributed by atoms with Crippen LogP contribution in [0.1, 0.15) is 24.2 Å². The Hall–Kier alpha value is -2.42. The minimum atomic E-state index is -3.80. The third-order valence-corrected chi connectivity index (χ3v) is 6.16. The van der Waals surface area contributed by atoms with Crippen LogP contribution in [-0.4, -0.2) is 52.1 Å². The number of morpholine rings is 1. The van der Waals surface area contributed by atoms with E-state index in [9.17, 15) is 13.2 Å². The molecule has 1 fully saturated rings. The number of rotatable bonds is 7. The van der Waals surface area contributed by atoms with Crippen LogP contribution < -0.4 is 9.46 Å². The van der Waals surface area contributed by atoms with Crippen molar-refractivity contribution in [1.82, 2.24) is 9.62 Å². The molecule has 1 unspecified atom stereocenters. The van der Waals surface area contributed by atoms with Crippen LogP contribution >= 0.6 is 0 Å². The number of hydrogen-bond acceptors (Lipinski definition) is 5. The van der Waals surface area contributed by atoms with Crippen LogP contribution in [0.4, 0.5) is 0 Å². The Balaban J connectivity index is 1.61. The van der Waals surface area contributed by atoms with Gasteiger partial charge in [0.1, 0.15) is 11.9 Å². The van der Waals surface area contributed by atoms with E-state index in [1.807, 2.05) is 37.3 Å². The van der Waals surface area contributed by atoms with Gasteiger partial charge in [0.05, 0.1) is 31.2 Å². The number of nitrogens with one attached hydrogen (secondary N) is 1. The summed E-state index contributed by atoms with van der Waals surface area (Å²) in [5.41, 5.74) is 1.72. The number of aryl methyl sites for hydroxylation is 1. The number of amides is 1. The highest BCUT2D eigenvalue weighted by Gasteiger charge is 2.26. The van der Waals surface area contributed by atoms with Crippen LogP contribution in [0.3, 0.4) is 0 Å². The van der Waals surface area contributed by atoms with Gasteiger partial charge in [-0.25, -0.2) is 13.1 Å². The van der Waals surface area contributed by atoms with E-state index in [-0.39, 0.29) is 23.5 Å². The molecule has 0 aliphatic carbocycles. The first-order chi connectivity index (χ1) is 13.9. The van der Waals surface area contributed by atoms with Gasteiger partial charge in [0.15, 0.2) is 0 Å². The van der Waals surface area contributed by atoms with E-state index in [4.69, 9.17) is 9.47 Å². The molecule has 1 saturated heterocycles. The van der Waals surface area contributed by atoms with E-state index >= 15 is 0 Å². The minimum absolute atomic E-state index is 0.107. The summed E-state index contributed by atoms with van der Waals surface area (Å²) in [4.78, 5) is 14.3. The lowest BCUT2D eigenvalue weighted by atomic mass is 10.1. The lowest BCUT2D eigenvalue weighted by molar-refractivity contribution is -0.137. The van der Waals surface area contributed by atoms with Crippen molar-refractivity contribution < 1.29 is 22.7 Å². The van der Waals surface area contributed by atoms with Crippen LogP contribution in [-0.2, 0) is 19.6 Å². The molecule has 1 aliphatic rings. The molecule has 1 atom stereocenters. The van der Waals surface area contributed by atoms with Crippen LogP contribution in [0, 0.1) is 6.92 Å². The molecule has 3 rings (SSSR count). The van der Waals surface area contributed by atoms with Crippen LogP contribution in [0.5, 0.6) is 5.75 Å². The number of benzene rings is 2. The van der Waals surface area contributed by atoms with Crippen LogP contribution in [0.25, 0.3) is 0 Å². The second kappa shape index (κ2) is 9.39. The van der Waals surface area contributed by atoms with Crippen molar-refractivity contribution >= 4 is 15.9 Å². The number of carbonyl (C=O) groups is 1. The summed E-state index contributed by atoms with van der Waals surface area (Å²) in [7, 11) is -3.80. The number of carbonyl (C=O) groups excluding carboxylic acids is 1. The normalized spacial score (nSPS) is 17.2. The van der Waals surface area contributed by atoms with Gasteiger partial charge < -0.3 is 14.4 Å². The molecule has 7 nitrogen and oxygen atoms in total. The highest BCUT2D eigenvalue weighted by molar-refractivity contribution is 7.89. The molecule has 0 saturated carbocycles. The smallest absolute Gasteiger partial charge is 0.241 e. The van der Waals surface area contributed by atoms with E-state index in [2.05, 4.69) is 4.72 Å². The summed E-state index contributed by atoms with van der Waals surface area (Å²) in [5, 5.41) is 0. The summed E-state index contributed by atoms with van der Waals surface area (Å²) in [6.45, 7) is 5.10. The Morgan fingerprint density at radius 2 is 2.00 bits per heavy atom. The van der Waals surface area contributed by atoms with Crippen molar-refractivity contribution in [1.29, 1.82) is 0 Å². The number of hydrogen-bond donors (Lipinski definition) is 1. The number of ether oxygens (including phenoxy) is 2. The van der Waals surface area contributed by atoms with Gasteiger partial charge in [0.2, 0.25) is 15.9 Å². The Labute approximate surface area is 171 Å². The molecule has 1 heterocycles. The van der Waals surface area contributed by atoms with Gasteiger partial charge in [-0.1, -0.05) is 30.3 Å². The quantitative estimate of drug-likeness (QED) is 0.746. The van der Waals surface area contributed by atoms with Gasteiger partial charge >= 0.3 is 0 Å². The van der Waals surface area contributed by atoms with Gasteiger partial charge in [-0.3, -0.25) is 4.79 Å². The average molecular weight is 419 g/mol. The Morgan fingerprint density at radius 3 is 2.69 bits per heavy atom. The summed E-state index contributed by atoms with van der Waals surface area (Å²) in [5.74, 6) is 0.364. The maximum atomic E-state index is 12.6. The highest BCUT2D eigenvalue weighted by Crippen LogP contribution is 2.23. The molecule has 0 bridgehead atoms. The zero-order chi connectivity index (χ0) is 20.9. The average Bonchev–Trinajstić information content (AvgIpc) is 2.74. The first-order valence-corrected chi connectivity index (χ1v) is 11.1. The topological polar surface area (TPSA) is 84.9 Å². The molecule has 156 valence electrons. The van der Waals surface area contributed by atoms with Gasteiger partial charge in [-0.15, -0.1) is 0 Å². The third-order valence-electron chi connectivity index (χ3n) is 4.76. The fourth-order valence-corrected chi connectivity index (χ4v) is 4.26. The first kappa shape index (κ1) is 21.3. The lowest BCUT2D eigenvalue weighted by Crippen LogP contribution is -2.46. The maximum Gasteiger partial charge on any atom is 0.241 e. The first-order valence-electron chi connectivity index (χ1n) is 9.58. The predicted molar refractivity (Wildman–Crippen MR) is 109 cm³/mol. The molecule has 0 aromatic heterocycles. The largest absolute Gasteiger partial charge is 0.494 e. The Morgan fingerprint density at radius 1 is 1.24 bits per heavy atom. The standard InChI is InChI=1S/C21H26N2O5S/c1-3-27-19-10-9-18(13-16(19)2)29(25,26)22-14-21(24)23-11-12-28-20(15-23)17-7-5-4-6-8-17/h4-10,13,20,22H,3,11-12,14-15H2,1-2H3. The second-order valence-corrected chi connectivity index (χ2v) is 8.56. The molecule has 1 aliphatic heterocycles. The SMILES string of the molecule is CCOc1ccc(S(=O)(=O)NCC(=O)N2CCOC(c3ccccc3)C2)cc1C. The molecule has 0 spiro atoms. The van der Waals surface area contributed by atoms with Crippen molar-refractivity contribution in [3.63, 3.8) is 0 Å². The fraction of sp³-hybridized carbons (Fsp3) is 0.381. The highest BCUT2D eigenvalue weighted by atomic mass is 32.2. The second-order valence-electron chi connectivity index (χ2n) is 6.79. The van der Waals surface area contributed by atoms with Crippen molar-refractivity contribution in [3.8, 4) is 5.75 Å². The van der Waals surface area contributed by atoms with E-state index in [1.165, 1.54) is 12.1 Å². The predicted octanol–water partition coefficient (Wildman–Crippen LogP) is 2.27. The number of sulfonamides is 1. The summed E-state index contributed by atoms with van der Waals surface area (Å²) >= 11 is 0.